The van der Waals surface area contributed by atoms with Gasteiger partial charge in [0.25, 0.3) is 5.91 Å². The number of carbonyl (C=O) groups excluding carboxylic acids is 4. The number of ether oxygens (including phenoxy) is 1. The number of benzene rings is 1. The highest BCUT2D eigenvalue weighted by Crippen LogP contribution is 2.09. The number of halogens is 2. The summed E-state index contributed by atoms with van der Waals surface area (Å²) >= 11 is 0. The number of alkyl carbamates (subject to hydrolysis) is 1. The molecule has 2 rings (SSSR count). The smallest absolute Gasteiger partial charge is 0.408 e. The van der Waals surface area contributed by atoms with Crippen LogP contribution in [-0.2, 0) is 25.7 Å². The third-order valence-corrected chi connectivity index (χ3v) is 4.05. The SMILES string of the molecule is O=C(NC(CC(F)F)C(=O)NC1CCCNC(=O)C1=O)OCc1ccccc1. The van der Waals surface area contributed by atoms with E-state index in [0.717, 1.165) is 0 Å². The summed E-state index contributed by atoms with van der Waals surface area (Å²) in [6.45, 7) is 0.179. The molecule has 8 nitrogen and oxygen atoms in total. The Bertz CT molecular complexity index is 714. The van der Waals surface area contributed by atoms with E-state index >= 15 is 0 Å². The van der Waals surface area contributed by atoms with Crippen LogP contribution >= 0.6 is 0 Å². The first-order chi connectivity index (χ1) is 13.4. The summed E-state index contributed by atoms with van der Waals surface area (Å²) in [7, 11) is 0. The number of rotatable bonds is 7. The summed E-state index contributed by atoms with van der Waals surface area (Å²) in [6, 6.07) is 5.94. The zero-order chi connectivity index (χ0) is 20.5. The summed E-state index contributed by atoms with van der Waals surface area (Å²) in [4.78, 5) is 47.7. The third kappa shape index (κ3) is 6.60. The summed E-state index contributed by atoms with van der Waals surface area (Å²) in [6.07, 6.45) is -4.26. The van der Waals surface area contributed by atoms with E-state index in [1.54, 1.807) is 30.3 Å². The van der Waals surface area contributed by atoms with E-state index in [1.165, 1.54) is 0 Å². The lowest BCUT2D eigenvalue weighted by atomic mass is 10.1. The van der Waals surface area contributed by atoms with Crippen molar-refractivity contribution in [2.45, 2.75) is 44.4 Å². The van der Waals surface area contributed by atoms with Gasteiger partial charge in [0.1, 0.15) is 12.6 Å². The van der Waals surface area contributed by atoms with E-state index in [2.05, 4.69) is 16.0 Å². The molecule has 1 aliphatic rings. The molecule has 28 heavy (non-hydrogen) atoms. The Hall–Kier alpha value is -3.04. The third-order valence-electron chi connectivity index (χ3n) is 4.05. The minimum Gasteiger partial charge on any atom is -0.445 e. The van der Waals surface area contributed by atoms with Gasteiger partial charge in [-0.3, -0.25) is 14.4 Å². The molecule has 1 saturated heterocycles. The fourth-order valence-electron chi connectivity index (χ4n) is 2.61. The Morgan fingerprint density at radius 1 is 1.21 bits per heavy atom. The second kappa shape index (κ2) is 10.3. The quantitative estimate of drug-likeness (QED) is 0.592. The second-order valence-corrected chi connectivity index (χ2v) is 6.21. The molecule has 3 amide bonds. The summed E-state index contributed by atoms with van der Waals surface area (Å²) in [5, 5.41) is 6.73. The maximum Gasteiger partial charge on any atom is 0.408 e. The van der Waals surface area contributed by atoms with Gasteiger partial charge >= 0.3 is 6.09 Å². The monoisotopic (exact) mass is 397 g/mol. The lowest BCUT2D eigenvalue weighted by Crippen LogP contribution is -2.53. The molecule has 1 aromatic rings. The highest BCUT2D eigenvalue weighted by atomic mass is 19.3. The van der Waals surface area contributed by atoms with Crippen LogP contribution in [0.3, 0.4) is 0 Å². The van der Waals surface area contributed by atoms with E-state index in [-0.39, 0.29) is 19.6 Å². The highest BCUT2D eigenvalue weighted by molar-refractivity contribution is 6.38. The fraction of sp³-hybridized carbons (Fsp3) is 0.444. The van der Waals surface area contributed by atoms with Gasteiger partial charge in [0.15, 0.2) is 0 Å². The normalized spacial score (nSPS) is 18.0. The molecule has 0 aliphatic carbocycles. The van der Waals surface area contributed by atoms with E-state index in [1.807, 2.05) is 0 Å². The van der Waals surface area contributed by atoms with Crippen LogP contribution in [0.15, 0.2) is 30.3 Å². The molecule has 2 unspecified atom stereocenters. The Labute approximate surface area is 160 Å². The minimum absolute atomic E-state index is 0.100. The standard InChI is InChI=1S/C18H21F2N3O5/c19-14(20)9-13(23-18(27)28-10-11-5-2-1-3-6-11)16(25)22-12-7-4-8-21-17(26)15(12)24/h1-3,5-6,12-14H,4,7-10H2,(H,21,26)(H,22,25)(H,23,27). The van der Waals surface area contributed by atoms with Gasteiger partial charge in [0.05, 0.1) is 6.04 Å². The van der Waals surface area contributed by atoms with Crippen LogP contribution in [0.5, 0.6) is 0 Å². The molecule has 0 spiro atoms. The first-order valence-corrected chi connectivity index (χ1v) is 8.74. The molecule has 1 aliphatic heterocycles. The van der Waals surface area contributed by atoms with Gasteiger partial charge in [-0.05, 0) is 18.4 Å². The number of alkyl halides is 2. The predicted octanol–water partition coefficient (Wildman–Crippen LogP) is 0.900. The number of nitrogens with one attached hydrogen (secondary N) is 3. The molecule has 3 N–H and O–H groups in total. The van der Waals surface area contributed by atoms with Crippen molar-refractivity contribution in [2.24, 2.45) is 0 Å². The maximum atomic E-state index is 12.8. The number of amides is 3. The van der Waals surface area contributed by atoms with Crippen LogP contribution in [0.2, 0.25) is 0 Å². The van der Waals surface area contributed by atoms with E-state index in [4.69, 9.17) is 4.74 Å². The molecule has 0 saturated carbocycles. The van der Waals surface area contributed by atoms with Gasteiger partial charge in [0, 0.05) is 13.0 Å². The van der Waals surface area contributed by atoms with Crippen molar-refractivity contribution in [3.8, 4) is 0 Å². The fourth-order valence-corrected chi connectivity index (χ4v) is 2.61. The molecule has 10 heteroatoms. The summed E-state index contributed by atoms with van der Waals surface area (Å²) in [5.74, 6) is -2.68. The van der Waals surface area contributed by atoms with Crippen LogP contribution in [0.4, 0.5) is 13.6 Å². The van der Waals surface area contributed by atoms with Gasteiger partial charge in [-0.1, -0.05) is 30.3 Å². The van der Waals surface area contributed by atoms with Crippen molar-refractivity contribution in [3.05, 3.63) is 35.9 Å². The van der Waals surface area contributed by atoms with Crippen LogP contribution in [0.1, 0.15) is 24.8 Å². The average Bonchev–Trinajstić information content (AvgIpc) is 2.82. The van der Waals surface area contributed by atoms with Gasteiger partial charge < -0.3 is 20.7 Å². The Kier molecular flexibility index (Phi) is 7.85. The molecule has 1 fully saturated rings. The van der Waals surface area contributed by atoms with E-state index in [0.29, 0.717) is 12.0 Å². The number of hydrogen-bond donors (Lipinski definition) is 3. The lowest BCUT2D eigenvalue weighted by Gasteiger charge is -2.21. The van der Waals surface area contributed by atoms with Crippen molar-refractivity contribution in [2.75, 3.05) is 6.54 Å². The molecule has 152 valence electrons. The molecule has 0 bridgehead atoms. The second-order valence-electron chi connectivity index (χ2n) is 6.21. The first-order valence-electron chi connectivity index (χ1n) is 8.74. The first kappa shape index (κ1) is 21.3. The molecule has 0 radical (unpaired) electrons. The number of carbonyl (C=O) groups is 4. The Balaban J connectivity index is 1.95. The molecule has 0 aromatic heterocycles. The molecular weight excluding hydrogens is 376 g/mol. The zero-order valence-corrected chi connectivity index (χ0v) is 15.0. The van der Waals surface area contributed by atoms with Gasteiger partial charge in [0.2, 0.25) is 18.1 Å². The number of hydrogen-bond acceptors (Lipinski definition) is 5. The molecule has 1 aromatic carbocycles. The van der Waals surface area contributed by atoms with E-state index < -0.39 is 48.6 Å². The zero-order valence-electron chi connectivity index (χ0n) is 15.0. The molecule has 1 heterocycles. The summed E-state index contributed by atoms with van der Waals surface area (Å²) < 4.78 is 30.6. The lowest BCUT2D eigenvalue weighted by molar-refractivity contribution is -0.139. The Morgan fingerprint density at radius 3 is 2.61 bits per heavy atom. The van der Waals surface area contributed by atoms with Crippen molar-refractivity contribution < 1.29 is 32.7 Å². The van der Waals surface area contributed by atoms with Crippen molar-refractivity contribution in [1.82, 2.24) is 16.0 Å². The van der Waals surface area contributed by atoms with Crippen LogP contribution in [0, 0.1) is 0 Å². The van der Waals surface area contributed by atoms with Crippen molar-refractivity contribution >= 4 is 23.7 Å². The average molecular weight is 397 g/mol. The van der Waals surface area contributed by atoms with Crippen molar-refractivity contribution in [3.63, 3.8) is 0 Å². The maximum absolute atomic E-state index is 12.8. The van der Waals surface area contributed by atoms with Crippen LogP contribution < -0.4 is 16.0 Å². The van der Waals surface area contributed by atoms with E-state index in [9.17, 15) is 28.0 Å². The molecule has 2 atom stereocenters. The summed E-state index contributed by atoms with van der Waals surface area (Å²) in [5.41, 5.74) is 0.683. The van der Waals surface area contributed by atoms with Crippen molar-refractivity contribution in [1.29, 1.82) is 0 Å². The number of ketones is 1. The molecular formula is C18H21F2N3O5. The number of Topliss-reactive ketones (excluding diaryl/α,β-unsaturated/α-hetero) is 1. The Morgan fingerprint density at radius 2 is 1.93 bits per heavy atom. The van der Waals surface area contributed by atoms with Crippen LogP contribution in [0.25, 0.3) is 0 Å². The minimum atomic E-state index is -2.88. The van der Waals surface area contributed by atoms with Crippen LogP contribution in [-0.4, -0.2) is 48.7 Å². The van der Waals surface area contributed by atoms with Gasteiger partial charge in [-0.2, -0.15) is 0 Å². The van der Waals surface area contributed by atoms with Gasteiger partial charge in [-0.25, -0.2) is 13.6 Å². The predicted molar refractivity (Wildman–Crippen MR) is 93.4 cm³/mol. The largest absolute Gasteiger partial charge is 0.445 e. The van der Waals surface area contributed by atoms with Gasteiger partial charge in [-0.15, -0.1) is 0 Å². The topological polar surface area (TPSA) is 114 Å². The highest BCUT2D eigenvalue weighted by Gasteiger charge is 2.32.